The minimum atomic E-state index is -1.08. The van der Waals surface area contributed by atoms with Crippen LogP contribution in [0, 0.1) is 0 Å². The van der Waals surface area contributed by atoms with Gasteiger partial charge in [-0.15, -0.1) is 0 Å². The second kappa shape index (κ2) is 3.58. The second-order valence-electron chi connectivity index (χ2n) is 3.18. The van der Waals surface area contributed by atoms with Crippen LogP contribution in [0.3, 0.4) is 0 Å². The van der Waals surface area contributed by atoms with Gasteiger partial charge in [0.2, 0.25) is 0 Å². The van der Waals surface area contributed by atoms with Crippen molar-refractivity contribution in [3.8, 4) is 0 Å². The van der Waals surface area contributed by atoms with Crippen molar-refractivity contribution in [2.45, 2.75) is 0 Å². The van der Waals surface area contributed by atoms with Crippen LogP contribution in [0.5, 0.6) is 0 Å². The molecule has 0 unspecified atom stereocenters. The Hall–Kier alpha value is -2.50. The van der Waals surface area contributed by atoms with E-state index >= 15 is 0 Å². The molecular formula is C10H8N2O4. The van der Waals surface area contributed by atoms with Crippen LogP contribution in [0.2, 0.25) is 0 Å². The highest BCUT2D eigenvalue weighted by Crippen LogP contribution is 2.11. The fraction of sp³-hybridized carbons (Fsp3) is 0. The Balaban J connectivity index is 2.90. The third-order valence-electron chi connectivity index (χ3n) is 2.25. The maximum absolute atomic E-state index is 10.8. The molecule has 1 aromatic heterocycles. The van der Waals surface area contributed by atoms with E-state index in [4.69, 9.17) is 10.3 Å². The maximum Gasteiger partial charge on any atom is 0.335 e. The average Bonchev–Trinajstić information content (AvgIpc) is 2.29. The summed E-state index contributed by atoms with van der Waals surface area (Å²) >= 11 is 0. The molecule has 2 aromatic rings. The van der Waals surface area contributed by atoms with Crippen molar-refractivity contribution < 1.29 is 20.3 Å². The molecular weight excluding hydrogens is 212 g/mol. The molecule has 2 rings (SSSR count). The molecule has 0 saturated carbocycles. The molecule has 0 aliphatic carbocycles. The highest BCUT2D eigenvalue weighted by molar-refractivity contribution is 5.93. The molecule has 0 saturated heterocycles. The first-order valence-electron chi connectivity index (χ1n) is 4.39. The Labute approximate surface area is 89.3 Å². The van der Waals surface area contributed by atoms with Crippen molar-refractivity contribution >= 4 is 16.9 Å². The Morgan fingerprint density at radius 3 is 2.69 bits per heavy atom. The molecule has 0 bridgehead atoms. The standard InChI is InChI=1S/C10H8N2O4/c13-10(14)6-1-2-9-7(5-6)8(11-15)3-4-12(9)16/h1-5,15-16H,(H,13,14). The fourth-order valence-corrected chi connectivity index (χ4v) is 1.47. The van der Waals surface area contributed by atoms with E-state index in [1.807, 2.05) is 0 Å². The molecule has 0 aliphatic rings. The quantitative estimate of drug-likeness (QED) is 0.377. The van der Waals surface area contributed by atoms with Crippen LogP contribution in [0.1, 0.15) is 10.4 Å². The number of carboxylic acid groups (broad SMARTS) is 1. The summed E-state index contributed by atoms with van der Waals surface area (Å²) in [5.41, 5.74) is 0.420. The molecule has 82 valence electrons. The summed E-state index contributed by atoms with van der Waals surface area (Å²) in [6.07, 6.45) is 1.30. The zero-order chi connectivity index (χ0) is 11.7. The summed E-state index contributed by atoms with van der Waals surface area (Å²) in [6.45, 7) is 0. The summed E-state index contributed by atoms with van der Waals surface area (Å²) in [6, 6.07) is 5.50. The van der Waals surface area contributed by atoms with E-state index in [1.165, 1.54) is 30.5 Å². The monoisotopic (exact) mass is 220 g/mol. The molecule has 1 heterocycles. The molecule has 3 N–H and O–H groups in total. The van der Waals surface area contributed by atoms with Crippen LogP contribution in [-0.4, -0.2) is 26.2 Å². The number of carboxylic acids is 1. The van der Waals surface area contributed by atoms with Crippen LogP contribution in [-0.2, 0) is 0 Å². The number of aromatic nitrogens is 1. The maximum atomic E-state index is 10.8. The fourth-order valence-electron chi connectivity index (χ4n) is 1.47. The number of hydrogen-bond acceptors (Lipinski definition) is 4. The second-order valence-corrected chi connectivity index (χ2v) is 3.18. The van der Waals surface area contributed by atoms with Crippen molar-refractivity contribution in [2.75, 3.05) is 0 Å². The van der Waals surface area contributed by atoms with Gasteiger partial charge in [-0.05, 0) is 24.3 Å². The third-order valence-corrected chi connectivity index (χ3v) is 2.25. The lowest BCUT2D eigenvalue weighted by molar-refractivity contribution is 0.0697. The molecule has 1 aromatic carbocycles. The van der Waals surface area contributed by atoms with Gasteiger partial charge in [-0.2, -0.15) is 4.73 Å². The van der Waals surface area contributed by atoms with E-state index in [0.29, 0.717) is 10.9 Å². The van der Waals surface area contributed by atoms with Gasteiger partial charge < -0.3 is 15.5 Å². The van der Waals surface area contributed by atoms with Gasteiger partial charge in [-0.3, -0.25) is 0 Å². The van der Waals surface area contributed by atoms with Crippen LogP contribution >= 0.6 is 0 Å². The van der Waals surface area contributed by atoms with Crippen molar-refractivity contribution in [1.82, 2.24) is 4.73 Å². The molecule has 0 aliphatic heterocycles. The number of nitrogens with zero attached hydrogens (tertiary/aromatic N) is 2. The lowest BCUT2D eigenvalue weighted by atomic mass is 10.1. The predicted molar refractivity (Wildman–Crippen MR) is 53.4 cm³/mol. The minimum absolute atomic E-state index is 0.0589. The van der Waals surface area contributed by atoms with Gasteiger partial charge in [-0.1, -0.05) is 5.16 Å². The average molecular weight is 220 g/mol. The normalized spacial score (nSPS) is 11.9. The zero-order valence-electron chi connectivity index (χ0n) is 8.03. The molecule has 0 atom stereocenters. The van der Waals surface area contributed by atoms with Gasteiger partial charge in [0.25, 0.3) is 0 Å². The first-order chi connectivity index (χ1) is 7.63. The lowest BCUT2D eigenvalue weighted by Gasteiger charge is -2.04. The molecule has 16 heavy (non-hydrogen) atoms. The third kappa shape index (κ3) is 1.46. The summed E-state index contributed by atoms with van der Waals surface area (Å²) in [5, 5.41) is 30.6. The molecule has 0 spiro atoms. The number of carbonyl (C=O) groups is 1. The predicted octanol–water partition coefficient (Wildman–Crippen LogP) is 0.867. The van der Waals surface area contributed by atoms with Gasteiger partial charge >= 0.3 is 5.97 Å². The summed E-state index contributed by atoms with van der Waals surface area (Å²) in [5.74, 6) is -1.08. The molecule has 0 radical (unpaired) electrons. The Morgan fingerprint density at radius 1 is 1.31 bits per heavy atom. The van der Waals surface area contributed by atoms with E-state index in [9.17, 15) is 10.0 Å². The van der Waals surface area contributed by atoms with Gasteiger partial charge in [0.1, 0.15) is 5.36 Å². The van der Waals surface area contributed by atoms with Crippen LogP contribution in [0.15, 0.2) is 35.6 Å². The first-order valence-corrected chi connectivity index (χ1v) is 4.39. The van der Waals surface area contributed by atoms with Crippen LogP contribution in [0.4, 0.5) is 0 Å². The van der Waals surface area contributed by atoms with Crippen molar-refractivity contribution in [1.29, 1.82) is 0 Å². The van der Waals surface area contributed by atoms with Crippen molar-refractivity contribution in [3.05, 3.63) is 41.4 Å². The largest absolute Gasteiger partial charge is 0.478 e. The smallest absolute Gasteiger partial charge is 0.335 e. The number of rotatable bonds is 1. The number of hydrogen-bond donors (Lipinski definition) is 3. The topological polar surface area (TPSA) is 95.0 Å². The number of aromatic carboxylic acids is 1. The Morgan fingerprint density at radius 2 is 2.06 bits per heavy atom. The van der Waals surface area contributed by atoms with Gasteiger partial charge in [0.15, 0.2) is 0 Å². The molecule has 6 nitrogen and oxygen atoms in total. The number of fused-ring (bicyclic) bond motifs is 1. The summed E-state index contributed by atoms with van der Waals surface area (Å²) in [4.78, 5) is 10.8. The number of benzene rings is 1. The lowest BCUT2D eigenvalue weighted by Crippen LogP contribution is -2.09. The van der Waals surface area contributed by atoms with Crippen molar-refractivity contribution in [3.63, 3.8) is 0 Å². The van der Waals surface area contributed by atoms with Gasteiger partial charge in [0, 0.05) is 11.6 Å². The Bertz CT molecular complexity index is 630. The minimum Gasteiger partial charge on any atom is -0.478 e. The van der Waals surface area contributed by atoms with E-state index in [1.54, 1.807) is 0 Å². The Kier molecular flexibility index (Phi) is 2.24. The van der Waals surface area contributed by atoms with Crippen LogP contribution in [0.25, 0.3) is 10.9 Å². The van der Waals surface area contributed by atoms with Crippen LogP contribution < -0.4 is 5.36 Å². The van der Waals surface area contributed by atoms with E-state index in [2.05, 4.69) is 5.16 Å². The summed E-state index contributed by atoms with van der Waals surface area (Å²) < 4.78 is 0.829. The SMILES string of the molecule is O=C(O)c1ccc2c(c1)c(=NO)ccn2O. The highest BCUT2D eigenvalue weighted by atomic mass is 16.5. The van der Waals surface area contributed by atoms with Gasteiger partial charge in [-0.25, -0.2) is 4.79 Å². The zero-order valence-corrected chi connectivity index (χ0v) is 8.03. The molecule has 6 heteroatoms. The molecule has 0 fully saturated rings. The van der Waals surface area contributed by atoms with E-state index in [0.717, 1.165) is 4.73 Å². The molecule has 0 amide bonds. The highest BCUT2D eigenvalue weighted by Gasteiger charge is 2.06. The van der Waals surface area contributed by atoms with E-state index < -0.39 is 5.97 Å². The summed E-state index contributed by atoms with van der Waals surface area (Å²) in [7, 11) is 0. The van der Waals surface area contributed by atoms with Crippen molar-refractivity contribution in [2.24, 2.45) is 5.16 Å². The first kappa shape index (κ1) is 10.0. The van der Waals surface area contributed by atoms with Gasteiger partial charge in [0.05, 0.1) is 11.1 Å². The van der Waals surface area contributed by atoms with E-state index in [-0.39, 0.29) is 10.9 Å². The number of pyridine rings is 1.